The smallest absolute Gasteiger partial charge is 0.185 e. The summed E-state index contributed by atoms with van der Waals surface area (Å²) in [5.41, 5.74) is 3.10. The third kappa shape index (κ3) is 3.75. The van der Waals surface area contributed by atoms with Gasteiger partial charge >= 0.3 is 0 Å². The fraction of sp³-hybridized carbons (Fsp3) is 0.0526. The zero-order valence-electron chi connectivity index (χ0n) is 12.9. The van der Waals surface area contributed by atoms with Crippen LogP contribution in [0.4, 0.5) is 5.69 Å². The molecule has 0 bridgehead atoms. The van der Waals surface area contributed by atoms with Crippen molar-refractivity contribution in [1.82, 2.24) is 5.16 Å². The fourth-order valence-corrected chi connectivity index (χ4v) is 2.52. The van der Waals surface area contributed by atoms with E-state index in [0.717, 1.165) is 11.1 Å². The van der Waals surface area contributed by atoms with Gasteiger partial charge in [0.2, 0.25) is 0 Å². The van der Waals surface area contributed by atoms with E-state index >= 15 is 0 Å². The van der Waals surface area contributed by atoms with Gasteiger partial charge in [0, 0.05) is 21.8 Å². The summed E-state index contributed by atoms with van der Waals surface area (Å²) < 4.78 is 5.35. The van der Waals surface area contributed by atoms with Crippen molar-refractivity contribution in [3.8, 4) is 0 Å². The quantitative estimate of drug-likeness (QED) is 0.521. The van der Waals surface area contributed by atoms with Gasteiger partial charge in [-0.1, -0.05) is 64.8 Å². The number of halogens is 2. The molecule has 0 N–H and O–H groups in total. The van der Waals surface area contributed by atoms with Crippen LogP contribution in [0.25, 0.3) is 12.2 Å². The second-order valence-electron chi connectivity index (χ2n) is 5.12. The van der Waals surface area contributed by atoms with Crippen molar-refractivity contribution in [2.45, 2.75) is 6.92 Å². The Bertz CT molecular complexity index is 913. The molecule has 0 aliphatic carbocycles. The number of aliphatic imine (C=N–C) groups is 1. The molecule has 3 aromatic rings. The average molecular weight is 357 g/mol. The topological polar surface area (TPSA) is 38.4 Å². The molecule has 1 heterocycles. The third-order valence-electron chi connectivity index (χ3n) is 3.41. The zero-order valence-corrected chi connectivity index (χ0v) is 14.4. The average Bonchev–Trinajstić information content (AvgIpc) is 2.93. The van der Waals surface area contributed by atoms with E-state index in [1.165, 1.54) is 0 Å². The number of aromatic nitrogens is 1. The Balaban J connectivity index is 1.90. The first-order valence-corrected chi connectivity index (χ1v) is 8.08. The molecule has 1 aromatic heterocycles. The molecular formula is C19H14Cl2N2O. The first-order chi connectivity index (χ1) is 11.6. The third-order valence-corrected chi connectivity index (χ3v) is 4.10. The van der Waals surface area contributed by atoms with Crippen LogP contribution in [0.3, 0.4) is 0 Å². The van der Waals surface area contributed by atoms with Gasteiger partial charge in [-0.25, -0.2) is 0 Å². The van der Waals surface area contributed by atoms with Crippen LogP contribution in [-0.2, 0) is 0 Å². The van der Waals surface area contributed by atoms with E-state index in [2.05, 4.69) is 10.1 Å². The van der Waals surface area contributed by atoms with Gasteiger partial charge in [-0.2, -0.15) is 0 Å². The van der Waals surface area contributed by atoms with Crippen molar-refractivity contribution < 1.29 is 4.52 Å². The molecule has 0 unspecified atom stereocenters. The molecule has 0 atom stereocenters. The lowest BCUT2D eigenvalue weighted by Gasteiger charge is -1.97. The molecule has 0 aliphatic rings. The van der Waals surface area contributed by atoms with Crippen molar-refractivity contribution in [1.29, 1.82) is 0 Å². The first kappa shape index (κ1) is 16.5. The van der Waals surface area contributed by atoms with Gasteiger partial charge in [0.25, 0.3) is 0 Å². The lowest BCUT2D eigenvalue weighted by molar-refractivity contribution is 0.408. The first-order valence-electron chi connectivity index (χ1n) is 7.32. The summed E-state index contributed by atoms with van der Waals surface area (Å²) in [4.78, 5) is 4.48. The van der Waals surface area contributed by atoms with Crippen molar-refractivity contribution in [2.24, 2.45) is 4.99 Å². The SMILES string of the molecule is Cc1noc(/C=C/c2ccccc2Cl)c1N=Cc1ccccc1Cl. The highest BCUT2D eigenvalue weighted by molar-refractivity contribution is 6.33. The molecule has 2 aromatic carbocycles. The molecule has 0 saturated carbocycles. The standard InChI is InChI=1S/C19H14Cl2N2O/c1-13-19(22-12-15-7-3-5-9-17(15)21)18(24-23-13)11-10-14-6-2-4-8-16(14)20/h2-12H,1H3/b11-10+,22-12?. The largest absolute Gasteiger partial charge is 0.354 e. The molecule has 5 heteroatoms. The van der Waals surface area contributed by atoms with E-state index < -0.39 is 0 Å². The summed E-state index contributed by atoms with van der Waals surface area (Å²) in [6.07, 6.45) is 5.38. The summed E-state index contributed by atoms with van der Waals surface area (Å²) in [5, 5.41) is 5.29. The molecule has 0 radical (unpaired) electrons. The van der Waals surface area contributed by atoms with E-state index in [-0.39, 0.29) is 0 Å². The predicted molar refractivity (Wildman–Crippen MR) is 100 cm³/mol. The summed E-state index contributed by atoms with van der Waals surface area (Å²) in [6, 6.07) is 15.1. The maximum Gasteiger partial charge on any atom is 0.185 e. The van der Waals surface area contributed by atoms with Crippen LogP contribution in [0.2, 0.25) is 10.0 Å². The number of nitrogens with zero attached hydrogens (tertiary/aromatic N) is 2. The molecule has 0 fully saturated rings. The molecule has 24 heavy (non-hydrogen) atoms. The van der Waals surface area contributed by atoms with E-state index in [9.17, 15) is 0 Å². The minimum Gasteiger partial charge on any atom is -0.354 e. The molecule has 0 saturated heterocycles. The highest BCUT2D eigenvalue weighted by Crippen LogP contribution is 2.27. The highest BCUT2D eigenvalue weighted by Gasteiger charge is 2.09. The Morgan fingerprint density at radius 3 is 2.21 bits per heavy atom. The van der Waals surface area contributed by atoms with Gasteiger partial charge in [0.1, 0.15) is 11.4 Å². The van der Waals surface area contributed by atoms with Crippen LogP contribution in [-0.4, -0.2) is 11.4 Å². The number of rotatable bonds is 4. The van der Waals surface area contributed by atoms with Gasteiger partial charge in [-0.3, -0.25) is 4.99 Å². The van der Waals surface area contributed by atoms with E-state index in [1.807, 2.05) is 61.5 Å². The molecule has 0 spiro atoms. The Kier molecular flexibility index (Phi) is 5.14. The Morgan fingerprint density at radius 1 is 0.917 bits per heavy atom. The van der Waals surface area contributed by atoms with Crippen LogP contribution in [0, 0.1) is 6.92 Å². The lowest BCUT2D eigenvalue weighted by Crippen LogP contribution is -1.82. The van der Waals surface area contributed by atoms with E-state index in [0.29, 0.717) is 27.2 Å². The second-order valence-corrected chi connectivity index (χ2v) is 5.93. The van der Waals surface area contributed by atoms with Gasteiger partial charge in [0.15, 0.2) is 5.76 Å². The number of aryl methyl sites for hydroxylation is 1. The van der Waals surface area contributed by atoms with E-state index in [1.54, 1.807) is 12.3 Å². The minimum atomic E-state index is 0.565. The minimum absolute atomic E-state index is 0.565. The summed E-state index contributed by atoms with van der Waals surface area (Å²) in [6.45, 7) is 1.84. The van der Waals surface area contributed by atoms with Crippen LogP contribution >= 0.6 is 23.2 Å². The second kappa shape index (κ2) is 7.47. The van der Waals surface area contributed by atoms with Crippen LogP contribution in [0.15, 0.2) is 58.0 Å². The fourth-order valence-electron chi connectivity index (χ4n) is 2.14. The number of benzene rings is 2. The monoisotopic (exact) mass is 356 g/mol. The van der Waals surface area contributed by atoms with Crippen molar-refractivity contribution in [3.63, 3.8) is 0 Å². The van der Waals surface area contributed by atoms with Crippen molar-refractivity contribution in [2.75, 3.05) is 0 Å². The molecule has 3 rings (SSSR count). The maximum absolute atomic E-state index is 6.15. The normalized spacial score (nSPS) is 11.6. The summed E-state index contributed by atoms with van der Waals surface area (Å²) in [5.74, 6) is 0.565. The Morgan fingerprint density at radius 2 is 1.54 bits per heavy atom. The summed E-state index contributed by atoms with van der Waals surface area (Å²) in [7, 11) is 0. The number of hydrogen-bond donors (Lipinski definition) is 0. The van der Waals surface area contributed by atoms with Crippen LogP contribution in [0.1, 0.15) is 22.6 Å². The van der Waals surface area contributed by atoms with Gasteiger partial charge in [-0.15, -0.1) is 0 Å². The molecule has 120 valence electrons. The lowest BCUT2D eigenvalue weighted by atomic mass is 10.2. The van der Waals surface area contributed by atoms with Gasteiger partial charge < -0.3 is 4.52 Å². The van der Waals surface area contributed by atoms with Crippen molar-refractivity contribution >= 4 is 47.3 Å². The Hall–Kier alpha value is -2.36. The summed E-state index contributed by atoms with van der Waals surface area (Å²) >= 11 is 12.3. The van der Waals surface area contributed by atoms with Crippen LogP contribution < -0.4 is 0 Å². The van der Waals surface area contributed by atoms with E-state index in [4.69, 9.17) is 27.7 Å². The molecule has 0 amide bonds. The van der Waals surface area contributed by atoms with Crippen LogP contribution in [0.5, 0.6) is 0 Å². The van der Waals surface area contributed by atoms with Gasteiger partial charge in [0.05, 0.1) is 0 Å². The zero-order chi connectivity index (χ0) is 16.9. The molecular weight excluding hydrogens is 343 g/mol. The predicted octanol–water partition coefficient (Wildman–Crippen LogP) is 6.21. The molecule has 3 nitrogen and oxygen atoms in total. The Labute approximate surface area is 150 Å². The molecule has 0 aliphatic heterocycles. The highest BCUT2D eigenvalue weighted by atomic mass is 35.5. The maximum atomic E-state index is 6.15. The van der Waals surface area contributed by atoms with Crippen molar-refractivity contribution in [3.05, 3.63) is 81.2 Å². The van der Waals surface area contributed by atoms with Gasteiger partial charge in [-0.05, 0) is 36.8 Å². The number of hydrogen-bond acceptors (Lipinski definition) is 3.